The molecule has 1 heterocycles. The molecule has 30 heavy (non-hydrogen) atoms. The van der Waals surface area contributed by atoms with Gasteiger partial charge in [-0.1, -0.05) is 11.3 Å². The van der Waals surface area contributed by atoms with Crippen LogP contribution in [-0.2, 0) is 20.9 Å². The van der Waals surface area contributed by atoms with Gasteiger partial charge in [-0.2, -0.15) is 4.99 Å². The number of esters is 1. The standard InChI is InChI=1S/C19H17N3O7S/c1-27-13-4-6-14(7-5-13)29-11-17(23)20-19-21(10-18(24)28-2)15-8-3-12(22(25)26)9-16(15)30-19/h3-9H,10-11H2,1-2H3. The number of benzene rings is 2. The maximum Gasteiger partial charge on any atom is 0.325 e. The first kappa shape index (κ1) is 21.0. The van der Waals surface area contributed by atoms with Crippen LogP contribution in [0, 0.1) is 10.1 Å². The summed E-state index contributed by atoms with van der Waals surface area (Å²) in [6.07, 6.45) is 0. The van der Waals surface area contributed by atoms with Crippen molar-refractivity contribution in [3.63, 3.8) is 0 Å². The minimum Gasteiger partial charge on any atom is -0.497 e. The average Bonchev–Trinajstić information content (AvgIpc) is 3.08. The summed E-state index contributed by atoms with van der Waals surface area (Å²) in [5.41, 5.74) is 0.424. The van der Waals surface area contributed by atoms with Gasteiger partial charge in [0.25, 0.3) is 11.6 Å². The molecule has 1 amide bonds. The average molecular weight is 431 g/mol. The number of hydrogen-bond acceptors (Lipinski definition) is 8. The number of fused-ring (bicyclic) bond motifs is 1. The fraction of sp³-hybridized carbons (Fsp3) is 0.211. The number of ether oxygens (including phenoxy) is 3. The first-order chi connectivity index (χ1) is 14.4. The van der Waals surface area contributed by atoms with Crippen molar-refractivity contribution in [2.24, 2.45) is 4.99 Å². The van der Waals surface area contributed by atoms with Gasteiger partial charge in [-0.25, -0.2) is 0 Å². The summed E-state index contributed by atoms with van der Waals surface area (Å²) in [5, 5.41) is 11.0. The number of methoxy groups -OCH3 is 2. The first-order valence-electron chi connectivity index (χ1n) is 8.60. The maximum absolute atomic E-state index is 12.3. The number of amides is 1. The van der Waals surface area contributed by atoms with Crippen molar-refractivity contribution in [2.45, 2.75) is 6.54 Å². The molecule has 0 saturated heterocycles. The fourth-order valence-corrected chi connectivity index (χ4v) is 3.64. The van der Waals surface area contributed by atoms with Gasteiger partial charge < -0.3 is 18.8 Å². The molecule has 0 aliphatic carbocycles. The molecule has 3 rings (SSSR count). The highest BCUT2D eigenvalue weighted by atomic mass is 32.1. The summed E-state index contributed by atoms with van der Waals surface area (Å²) in [4.78, 5) is 38.8. The van der Waals surface area contributed by atoms with Gasteiger partial charge in [-0.3, -0.25) is 19.7 Å². The number of rotatable bonds is 7. The second kappa shape index (κ2) is 9.18. The van der Waals surface area contributed by atoms with E-state index in [1.807, 2.05) is 0 Å². The summed E-state index contributed by atoms with van der Waals surface area (Å²) in [7, 11) is 2.79. The zero-order valence-corrected chi connectivity index (χ0v) is 16.9. The molecule has 11 heteroatoms. The zero-order valence-electron chi connectivity index (χ0n) is 16.1. The van der Waals surface area contributed by atoms with Crippen LogP contribution in [0.1, 0.15) is 0 Å². The molecule has 0 aliphatic heterocycles. The highest BCUT2D eigenvalue weighted by Gasteiger charge is 2.15. The largest absolute Gasteiger partial charge is 0.497 e. The van der Waals surface area contributed by atoms with Gasteiger partial charge in [0.1, 0.15) is 18.0 Å². The summed E-state index contributed by atoms with van der Waals surface area (Å²) in [6.45, 7) is -0.515. The summed E-state index contributed by atoms with van der Waals surface area (Å²) in [6, 6.07) is 10.9. The Hall–Kier alpha value is -3.73. The van der Waals surface area contributed by atoms with E-state index in [1.54, 1.807) is 31.4 Å². The summed E-state index contributed by atoms with van der Waals surface area (Å²) in [5.74, 6) is -0.00253. The zero-order chi connectivity index (χ0) is 21.7. The third-order valence-electron chi connectivity index (χ3n) is 4.03. The van der Waals surface area contributed by atoms with Crippen molar-refractivity contribution in [3.8, 4) is 11.5 Å². The number of aromatic nitrogens is 1. The molecular formula is C19H17N3O7S. The van der Waals surface area contributed by atoms with E-state index in [0.29, 0.717) is 21.7 Å². The van der Waals surface area contributed by atoms with E-state index in [1.165, 1.54) is 29.9 Å². The van der Waals surface area contributed by atoms with E-state index in [2.05, 4.69) is 4.99 Å². The van der Waals surface area contributed by atoms with Gasteiger partial charge in [0.15, 0.2) is 11.4 Å². The highest BCUT2D eigenvalue weighted by Crippen LogP contribution is 2.23. The van der Waals surface area contributed by atoms with Crippen LogP contribution in [0.2, 0.25) is 0 Å². The summed E-state index contributed by atoms with van der Waals surface area (Å²) >= 11 is 1.05. The van der Waals surface area contributed by atoms with Gasteiger partial charge in [-0.05, 0) is 30.3 Å². The van der Waals surface area contributed by atoms with Gasteiger partial charge in [0.2, 0.25) is 0 Å². The Morgan fingerprint density at radius 2 is 1.83 bits per heavy atom. The number of hydrogen-bond donors (Lipinski definition) is 0. The molecule has 0 fully saturated rings. The third kappa shape index (κ3) is 4.81. The van der Waals surface area contributed by atoms with Crippen LogP contribution in [-0.4, -0.2) is 42.2 Å². The Labute approximate surface area is 174 Å². The number of thiazole rings is 1. The monoisotopic (exact) mass is 431 g/mol. The fourth-order valence-electron chi connectivity index (χ4n) is 2.56. The molecule has 0 bridgehead atoms. The Bertz CT molecular complexity index is 1170. The van der Waals surface area contributed by atoms with Gasteiger partial charge in [0.05, 0.1) is 29.4 Å². The second-order valence-electron chi connectivity index (χ2n) is 5.93. The van der Waals surface area contributed by atoms with Gasteiger partial charge >= 0.3 is 5.97 Å². The quantitative estimate of drug-likeness (QED) is 0.319. The SMILES string of the molecule is COC(=O)Cn1c(=NC(=O)COc2ccc(OC)cc2)sc2cc([N+](=O)[O-])ccc21. The van der Waals surface area contributed by atoms with E-state index in [-0.39, 0.29) is 23.6 Å². The Balaban J connectivity index is 1.89. The molecule has 10 nitrogen and oxygen atoms in total. The highest BCUT2D eigenvalue weighted by molar-refractivity contribution is 7.16. The molecule has 0 unspecified atom stereocenters. The lowest BCUT2D eigenvalue weighted by Crippen LogP contribution is -2.23. The molecule has 2 aromatic carbocycles. The van der Waals surface area contributed by atoms with Crippen LogP contribution in [0.15, 0.2) is 47.5 Å². The number of nitro groups is 1. The number of carbonyl (C=O) groups is 2. The number of carbonyl (C=O) groups excluding carboxylic acids is 2. The molecule has 0 aliphatic rings. The number of non-ortho nitro benzene ring substituents is 1. The first-order valence-corrected chi connectivity index (χ1v) is 9.42. The molecule has 3 aromatic rings. The van der Waals surface area contributed by atoms with Crippen molar-refractivity contribution in [3.05, 3.63) is 57.4 Å². The van der Waals surface area contributed by atoms with Crippen LogP contribution in [0.3, 0.4) is 0 Å². The minimum atomic E-state index is -0.578. The lowest BCUT2D eigenvalue weighted by Gasteiger charge is -2.05. The van der Waals surface area contributed by atoms with Crippen LogP contribution < -0.4 is 14.3 Å². The van der Waals surface area contributed by atoms with Crippen molar-refractivity contribution < 1.29 is 28.7 Å². The molecule has 0 spiro atoms. The van der Waals surface area contributed by atoms with E-state index in [9.17, 15) is 19.7 Å². The molecule has 0 atom stereocenters. The molecular weight excluding hydrogens is 414 g/mol. The normalized spacial score (nSPS) is 11.3. The van der Waals surface area contributed by atoms with E-state index < -0.39 is 16.8 Å². The van der Waals surface area contributed by atoms with Crippen LogP contribution in [0.5, 0.6) is 11.5 Å². The van der Waals surface area contributed by atoms with Crippen LogP contribution in [0.4, 0.5) is 5.69 Å². The van der Waals surface area contributed by atoms with Crippen molar-refractivity contribution >= 4 is 39.1 Å². The molecule has 0 radical (unpaired) electrons. The van der Waals surface area contributed by atoms with E-state index >= 15 is 0 Å². The molecule has 0 N–H and O–H groups in total. The smallest absolute Gasteiger partial charge is 0.325 e. The van der Waals surface area contributed by atoms with Crippen LogP contribution in [0.25, 0.3) is 10.2 Å². The topological polar surface area (TPSA) is 122 Å². The maximum atomic E-state index is 12.3. The van der Waals surface area contributed by atoms with E-state index in [0.717, 1.165) is 11.3 Å². The minimum absolute atomic E-state index is 0.102. The van der Waals surface area contributed by atoms with Crippen molar-refractivity contribution in [1.29, 1.82) is 0 Å². The number of nitro benzene ring substituents is 1. The van der Waals surface area contributed by atoms with Gasteiger partial charge in [-0.15, -0.1) is 0 Å². The lowest BCUT2D eigenvalue weighted by molar-refractivity contribution is -0.384. The predicted octanol–water partition coefficient (Wildman–Crippen LogP) is 2.30. The molecule has 1 aromatic heterocycles. The molecule has 156 valence electrons. The van der Waals surface area contributed by atoms with Crippen molar-refractivity contribution in [2.75, 3.05) is 20.8 Å². The Kier molecular flexibility index (Phi) is 6.42. The second-order valence-corrected chi connectivity index (χ2v) is 6.93. The number of nitrogens with zero attached hydrogens (tertiary/aromatic N) is 3. The van der Waals surface area contributed by atoms with Crippen LogP contribution >= 0.6 is 11.3 Å². The third-order valence-corrected chi connectivity index (χ3v) is 5.08. The van der Waals surface area contributed by atoms with Gasteiger partial charge in [0, 0.05) is 12.1 Å². The summed E-state index contributed by atoms with van der Waals surface area (Å²) < 4.78 is 17.2. The van der Waals surface area contributed by atoms with E-state index in [4.69, 9.17) is 14.2 Å². The molecule has 0 saturated carbocycles. The predicted molar refractivity (Wildman–Crippen MR) is 108 cm³/mol. The Morgan fingerprint density at radius 1 is 1.13 bits per heavy atom. The Morgan fingerprint density at radius 3 is 2.47 bits per heavy atom. The lowest BCUT2D eigenvalue weighted by atomic mass is 10.3. The van der Waals surface area contributed by atoms with Crippen molar-refractivity contribution in [1.82, 2.24) is 4.57 Å².